The van der Waals surface area contributed by atoms with Crippen LogP contribution in [0, 0.1) is 13.8 Å². The van der Waals surface area contributed by atoms with Crippen molar-refractivity contribution in [1.82, 2.24) is 15.1 Å². The summed E-state index contributed by atoms with van der Waals surface area (Å²) in [7, 11) is 0. The van der Waals surface area contributed by atoms with Gasteiger partial charge in [-0.05, 0) is 26.8 Å². The van der Waals surface area contributed by atoms with Crippen molar-refractivity contribution in [2.24, 2.45) is 0 Å². The molecule has 1 saturated heterocycles. The van der Waals surface area contributed by atoms with E-state index in [-0.39, 0.29) is 12.5 Å². The quantitative estimate of drug-likeness (QED) is 0.604. The van der Waals surface area contributed by atoms with E-state index in [2.05, 4.69) is 18.5 Å². The summed E-state index contributed by atoms with van der Waals surface area (Å²) < 4.78 is 5.47. The van der Waals surface area contributed by atoms with Crippen LogP contribution in [0.3, 0.4) is 0 Å². The minimum absolute atomic E-state index is 0.311. The summed E-state index contributed by atoms with van der Waals surface area (Å²) in [6.07, 6.45) is 3.16. The van der Waals surface area contributed by atoms with Crippen molar-refractivity contribution in [3.05, 3.63) is 48.5 Å². The molecule has 134 valence electrons. The van der Waals surface area contributed by atoms with E-state index in [0.29, 0.717) is 30.2 Å². The van der Waals surface area contributed by atoms with Gasteiger partial charge in [-0.25, -0.2) is 4.79 Å². The summed E-state index contributed by atoms with van der Waals surface area (Å²) in [6, 6.07) is 1.12. The third kappa shape index (κ3) is 3.35. The predicted octanol–water partition coefficient (Wildman–Crippen LogP) is 1.86. The van der Waals surface area contributed by atoms with Crippen LogP contribution in [0.25, 0.3) is 0 Å². The number of imide groups is 1. The molecule has 0 aliphatic carbocycles. The summed E-state index contributed by atoms with van der Waals surface area (Å²) in [5, 5.41) is 2.68. The Balaban J connectivity index is 2.23. The van der Waals surface area contributed by atoms with Gasteiger partial charge in [0.25, 0.3) is 5.91 Å². The fourth-order valence-electron chi connectivity index (χ4n) is 2.98. The third-order valence-corrected chi connectivity index (χ3v) is 4.20. The van der Waals surface area contributed by atoms with E-state index >= 15 is 0 Å². The van der Waals surface area contributed by atoms with Crippen molar-refractivity contribution >= 4 is 17.8 Å². The summed E-state index contributed by atoms with van der Waals surface area (Å²) in [6.45, 7) is 12.6. The van der Waals surface area contributed by atoms with Gasteiger partial charge in [0.05, 0.1) is 0 Å². The molecule has 7 nitrogen and oxygen atoms in total. The van der Waals surface area contributed by atoms with Gasteiger partial charge in [0.1, 0.15) is 23.6 Å². The number of aryl methyl sites for hydroxylation is 2. The van der Waals surface area contributed by atoms with Gasteiger partial charge < -0.3 is 14.6 Å². The van der Waals surface area contributed by atoms with Gasteiger partial charge in [-0.1, -0.05) is 12.2 Å². The van der Waals surface area contributed by atoms with E-state index in [1.807, 2.05) is 0 Å². The number of hydrogen-bond donors (Lipinski definition) is 1. The molecule has 0 bridgehead atoms. The first kappa shape index (κ1) is 18.5. The largest absolute Gasteiger partial charge is 0.466 e. The lowest BCUT2D eigenvalue weighted by molar-refractivity contribution is -0.138. The molecule has 0 saturated carbocycles. The van der Waals surface area contributed by atoms with Crippen molar-refractivity contribution in [2.45, 2.75) is 26.3 Å². The minimum Gasteiger partial charge on any atom is -0.466 e. The number of carbonyl (C=O) groups is 3. The molecule has 1 aromatic heterocycles. The van der Waals surface area contributed by atoms with E-state index in [0.717, 1.165) is 4.90 Å². The van der Waals surface area contributed by atoms with Crippen LogP contribution in [0.2, 0.25) is 0 Å². The number of nitrogens with zero attached hydrogens (tertiary/aromatic N) is 2. The minimum atomic E-state index is -1.25. The maximum Gasteiger partial charge on any atom is 0.325 e. The highest BCUT2D eigenvalue weighted by molar-refractivity contribution is 6.09. The van der Waals surface area contributed by atoms with Crippen LogP contribution in [0.15, 0.2) is 35.8 Å². The van der Waals surface area contributed by atoms with Gasteiger partial charge >= 0.3 is 6.03 Å². The molecule has 7 heteroatoms. The van der Waals surface area contributed by atoms with Crippen LogP contribution < -0.4 is 5.32 Å². The molecule has 1 unspecified atom stereocenters. The zero-order valence-electron chi connectivity index (χ0n) is 14.8. The normalized spacial score (nSPS) is 19.7. The highest BCUT2D eigenvalue weighted by Crippen LogP contribution is 2.32. The lowest BCUT2D eigenvalue weighted by Crippen LogP contribution is -2.44. The smallest absolute Gasteiger partial charge is 0.325 e. The Bertz CT molecular complexity index is 727. The third-order valence-electron chi connectivity index (χ3n) is 4.20. The summed E-state index contributed by atoms with van der Waals surface area (Å²) in [5.41, 5.74) is -0.659. The van der Waals surface area contributed by atoms with Gasteiger partial charge in [0, 0.05) is 18.7 Å². The first-order valence-corrected chi connectivity index (χ1v) is 7.95. The molecule has 25 heavy (non-hydrogen) atoms. The molecule has 4 amide bonds. The predicted molar refractivity (Wildman–Crippen MR) is 92.8 cm³/mol. The molecule has 2 rings (SSSR count). The average Bonchev–Trinajstić information content (AvgIpc) is 2.99. The van der Waals surface area contributed by atoms with Gasteiger partial charge in [0.2, 0.25) is 5.91 Å². The molecule has 1 aromatic rings. The highest BCUT2D eigenvalue weighted by atomic mass is 16.3. The molecule has 1 atom stereocenters. The molecule has 1 aliphatic heterocycles. The van der Waals surface area contributed by atoms with E-state index in [1.54, 1.807) is 39.0 Å². The first-order valence-electron chi connectivity index (χ1n) is 7.95. The number of hydrogen-bond acceptors (Lipinski definition) is 4. The summed E-state index contributed by atoms with van der Waals surface area (Å²) in [5.74, 6) is 0.370. The van der Waals surface area contributed by atoms with E-state index in [1.165, 1.54) is 4.90 Å². The Labute approximate surface area is 147 Å². The van der Waals surface area contributed by atoms with E-state index in [9.17, 15) is 14.4 Å². The van der Waals surface area contributed by atoms with Gasteiger partial charge in [-0.3, -0.25) is 14.5 Å². The summed E-state index contributed by atoms with van der Waals surface area (Å²) >= 11 is 0. The van der Waals surface area contributed by atoms with E-state index in [4.69, 9.17) is 4.42 Å². The second-order valence-electron chi connectivity index (χ2n) is 6.15. The number of carbonyl (C=O) groups excluding carboxylic acids is 3. The van der Waals surface area contributed by atoms with Gasteiger partial charge in [0.15, 0.2) is 0 Å². The molecule has 0 spiro atoms. The first-order chi connectivity index (χ1) is 11.7. The lowest BCUT2D eigenvalue weighted by atomic mass is 9.92. The molecule has 1 fully saturated rings. The van der Waals surface area contributed by atoms with Crippen LogP contribution in [-0.4, -0.2) is 47.3 Å². The lowest BCUT2D eigenvalue weighted by Gasteiger charge is -2.23. The molecule has 1 aliphatic rings. The van der Waals surface area contributed by atoms with Gasteiger partial charge in [-0.2, -0.15) is 0 Å². The maximum absolute atomic E-state index is 12.9. The Kier molecular flexibility index (Phi) is 5.15. The van der Waals surface area contributed by atoms with Crippen molar-refractivity contribution < 1.29 is 18.8 Å². The summed E-state index contributed by atoms with van der Waals surface area (Å²) in [4.78, 5) is 40.0. The Morgan fingerprint density at radius 1 is 1.32 bits per heavy atom. The second-order valence-corrected chi connectivity index (χ2v) is 6.15. The Morgan fingerprint density at radius 2 is 1.92 bits per heavy atom. The van der Waals surface area contributed by atoms with E-state index < -0.39 is 17.5 Å². The number of amides is 4. The molecule has 2 heterocycles. The van der Waals surface area contributed by atoms with Crippen molar-refractivity contribution in [2.75, 3.05) is 19.6 Å². The zero-order chi connectivity index (χ0) is 18.8. The maximum atomic E-state index is 12.9. The van der Waals surface area contributed by atoms with Gasteiger partial charge in [-0.15, -0.1) is 13.2 Å². The fraction of sp³-hybridized carbons (Fsp3) is 0.389. The number of urea groups is 1. The van der Waals surface area contributed by atoms with Crippen LogP contribution >= 0.6 is 0 Å². The Hall–Kier alpha value is -2.83. The van der Waals surface area contributed by atoms with Crippen LogP contribution in [-0.2, 0) is 15.1 Å². The molecular formula is C18H23N3O4. The molecule has 1 N–H and O–H groups in total. The SMILES string of the molecule is C=CCN(CC=C)C(=O)CN1C(=O)NC(C)(c2cc(C)oc2C)C1=O. The highest BCUT2D eigenvalue weighted by Gasteiger charge is 2.51. The standard InChI is InChI=1S/C18H23N3O4/c1-6-8-20(9-7-2)15(22)11-21-16(23)18(5,19-17(21)24)14-10-12(3)25-13(14)4/h6-7,10H,1-2,8-9,11H2,3-5H3,(H,19,24). The molecule has 0 radical (unpaired) electrons. The zero-order valence-corrected chi connectivity index (χ0v) is 14.8. The monoisotopic (exact) mass is 345 g/mol. The van der Waals surface area contributed by atoms with Crippen LogP contribution in [0.1, 0.15) is 24.0 Å². The van der Waals surface area contributed by atoms with Crippen molar-refractivity contribution in [3.8, 4) is 0 Å². The molecular weight excluding hydrogens is 322 g/mol. The Morgan fingerprint density at radius 3 is 2.40 bits per heavy atom. The van der Waals surface area contributed by atoms with Crippen molar-refractivity contribution in [1.29, 1.82) is 0 Å². The average molecular weight is 345 g/mol. The number of nitrogens with one attached hydrogen (secondary N) is 1. The van der Waals surface area contributed by atoms with Crippen LogP contribution in [0.5, 0.6) is 0 Å². The number of furan rings is 1. The van der Waals surface area contributed by atoms with Crippen LogP contribution in [0.4, 0.5) is 4.79 Å². The molecule has 0 aromatic carbocycles. The van der Waals surface area contributed by atoms with Crippen molar-refractivity contribution in [3.63, 3.8) is 0 Å². The second kappa shape index (κ2) is 6.96. The number of rotatable bonds is 7. The fourth-order valence-corrected chi connectivity index (χ4v) is 2.98. The topological polar surface area (TPSA) is 82.9 Å².